The van der Waals surface area contributed by atoms with Crippen molar-refractivity contribution in [2.75, 3.05) is 17.7 Å². The summed E-state index contributed by atoms with van der Waals surface area (Å²) in [4.78, 5) is 6.18. The van der Waals surface area contributed by atoms with Crippen LogP contribution in [0.2, 0.25) is 10.0 Å². The SMILES string of the molecule is CN(Cc1cc(N)ccc1Cl)c1ncccc1Cl. The van der Waals surface area contributed by atoms with Crippen LogP contribution in [-0.4, -0.2) is 12.0 Å². The zero-order valence-electron chi connectivity index (χ0n) is 9.90. The van der Waals surface area contributed by atoms with Crippen LogP contribution in [0.4, 0.5) is 11.5 Å². The Morgan fingerprint density at radius 2 is 2.00 bits per heavy atom. The van der Waals surface area contributed by atoms with Crippen LogP contribution in [0, 0.1) is 0 Å². The second-order valence-electron chi connectivity index (χ2n) is 4.02. The quantitative estimate of drug-likeness (QED) is 0.874. The van der Waals surface area contributed by atoms with Crippen molar-refractivity contribution in [1.29, 1.82) is 0 Å². The molecule has 0 saturated heterocycles. The van der Waals surface area contributed by atoms with Gasteiger partial charge in [0, 0.05) is 30.5 Å². The first-order chi connectivity index (χ1) is 8.58. The Morgan fingerprint density at radius 1 is 1.22 bits per heavy atom. The average molecular weight is 282 g/mol. The lowest BCUT2D eigenvalue weighted by atomic mass is 10.2. The fourth-order valence-corrected chi connectivity index (χ4v) is 2.15. The van der Waals surface area contributed by atoms with E-state index in [2.05, 4.69) is 4.98 Å². The van der Waals surface area contributed by atoms with Gasteiger partial charge in [0.2, 0.25) is 0 Å². The first-order valence-electron chi connectivity index (χ1n) is 5.43. The van der Waals surface area contributed by atoms with Gasteiger partial charge in [-0.2, -0.15) is 0 Å². The fraction of sp³-hybridized carbons (Fsp3) is 0.154. The van der Waals surface area contributed by atoms with Crippen molar-refractivity contribution in [2.45, 2.75) is 6.54 Å². The molecule has 0 atom stereocenters. The van der Waals surface area contributed by atoms with Gasteiger partial charge in [-0.1, -0.05) is 23.2 Å². The van der Waals surface area contributed by atoms with Crippen molar-refractivity contribution in [3.8, 4) is 0 Å². The van der Waals surface area contributed by atoms with Gasteiger partial charge in [0.05, 0.1) is 5.02 Å². The number of benzene rings is 1. The van der Waals surface area contributed by atoms with E-state index in [0.29, 0.717) is 22.3 Å². The highest BCUT2D eigenvalue weighted by Gasteiger charge is 2.09. The van der Waals surface area contributed by atoms with Crippen LogP contribution in [-0.2, 0) is 6.54 Å². The Labute approximate surface area is 116 Å². The van der Waals surface area contributed by atoms with Crippen molar-refractivity contribution in [1.82, 2.24) is 4.98 Å². The topological polar surface area (TPSA) is 42.1 Å². The Kier molecular flexibility index (Phi) is 3.94. The Balaban J connectivity index is 2.24. The van der Waals surface area contributed by atoms with Crippen molar-refractivity contribution >= 4 is 34.7 Å². The van der Waals surface area contributed by atoms with E-state index in [1.54, 1.807) is 30.5 Å². The highest BCUT2D eigenvalue weighted by Crippen LogP contribution is 2.25. The number of anilines is 2. The summed E-state index contributed by atoms with van der Waals surface area (Å²) in [5.41, 5.74) is 7.39. The van der Waals surface area contributed by atoms with E-state index >= 15 is 0 Å². The number of nitrogens with zero attached hydrogens (tertiary/aromatic N) is 2. The van der Waals surface area contributed by atoms with Gasteiger partial charge in [0.25, 0.3) is 0 Å². The number of halogens is 2. The lowest BCUT2D eigenvalue weighted by molar-refractivity contribution is 0.899. The third-order valence-electron chi connectivity index (χ3n) is 2.58. The minimum absolute atomic E-state index is 0.598. The summed E-state index contributed by atoms with van der Waals surface area (Å²) in [6.45, 7) is 0.598. The summed E-state index contributed by atoms with van der Waals surface area (Å²) >= 11 is 12.2. The molecule has 0 aliphatic rings. The monoisotopic (exact) mass is 281 g/mol. The zero-order chi connectivity index (χ0) is 13.1. The molecule has 18 heavy (non-hydrogen) atoms. The number of nitrogens with two attached hydrogens (primary N) is 1. The Bertz CT molecular complexity index is 558. The van der Waals surface area contributed by atoms with Crippen LogP contribution in [0.3, 0.4) is 0 Å². The van der Waals surface area contributed by atoms with E-state index < -0.39 is 0 Å². The molecule has 0 unspecified atom stereocenters. The first-order valence-corrected chi connectivity index (χ1v) is 6.19. The summed E-state index contributed by atoms with van der Waals surface area (Å²) in [7, 11) is 1.91. The van der Waals surface area contributed by atoms with Crippen molar-refractivity contribution in [3.63, 3.8) is 0 Å². The standard InChI is InChI=1S/C13H13Cl2N3/c1-18(13-12(15)3-2-6-17-13)8-9-7-10(16)4-5-11(9)14/h2-7H,8,16H2,1H3. The van der Waals surface area contributed by atoms with Gasteiger partial charge in [-0.25, -0.2) is 4.98 Å². The van der Waals surface area contributed by atoms with Crippen molar-refractivity contribution in [3.05, 3.63) is 52.1 Å². The number of aromatic nitrogens is 1. The third kappa shape index (κ3) is 2.86. The summed E-state index contributed by atoms with van der Waals surface area (Å²) in [5.74, 6) is 0.720. The van der Waals surface area contributed by atoms with Crippen LogP contribution in [0.1, 0.15) is 5.56 Å². The molecular formula is C13H13Cl2N3. The molecule has 0 saturated carbocycles. The van der Waals surface area contributed by atoms with Gasteiger partial charge in [0.1, 0.15) is 5.82 Å². The molecule has 0 radical (unpaired) electrons. The highest BCUT2D eigenvalue weighted by atomic mass is 35.5. The molecule has 94 valence electrons. The third-order valence-corrected chi connectivity index (χ3v) is 3.24. The minimum Gasteiger partial charge on any atom is -0.399 e. The number of pyridine rings is 1. The Morgan fingerprint density at radius 3 is 2.72 bits per heavy atom. The molecule has 0 fully saturated rings. The van der Waals surface area contributed by atoms with Crippen LogP contribution >= 0.6 is 23.2 Å². The molecule has 2 aromatic rings. The van der Waals surface area contributed by atoms with E-state index in [4.69, 9.17) is 28.9 Å². The highest BCUT2D eigenvalue weighted by molar-refractivity contribution is 6.33. The summed E-state index contributed by atoms with van der Waals surface area (Å²) in [6.07, 6.45) is 1.71. The molecule has 1 aromatic carbocycles. The summed E-state index contributed by atoms with van der Waals surface area (Å²) < 4.78 is 0. The molecule has 5 heteroatoms. The zero-order valence-corrected chi connectivity index (χ0v) is 11.4. The van der Waals surface area contributed by atoms with Gasteiger partial charge in [-0.05, 0) is 35.9 Å². The van der Waals surface area contributed by atoms with Gasteiger partial charge < -0.3 is 10.6 Å². The van der Waals surface area contributed by atoms with Gasteiger partial charge in [0.15, 0.2) is 0 Å². The molecule has 0 bridgehead atoms. The van der Waals surface area contributed by atoms with Crippen LogP contribution < -0.4 is 10.6 Å². The predicted molar refractivity (Wildman–Crippen MR) is 77.2 cm³/mol. The molecule has 0 aliphatic carbocycles. The fourth-order valence-electron chi connectivity index (χ4n) is 1.70. The molecule has 0 spiro atoms. The van der Waals surface area contributed by atoms with E-state index in [1.807, 2.05) is 18.0 Å². The lowest BCUT2D eigenvalue weighted by Crippen LogP contribution is -2.18. The largest absolute Gasteiger partial charge is 0.399 e. The van der Waals surface area contributed by atoms with E-state index in [0.717, 1.165) is 11.4 Å². The molecular weight excluding hydrogens is 269 g/mol. The van der Waals surface area contributed by atoms with Gasteiger partial charge >= 0.3 is 0 Å². The van der Waals surface area contributed by atoms with Gasteiger partial charge in [-0.15, -0.1) is 0 Å². The maximum absolute atomic E-state index is 6.13. The molecule has 2 rings (SSSR count). The Hall–Kier alpha value is -1.45. The maximum Gasteiger partial charge on any atom is 0.147 e. The van der Waals surface area contributed by atoms with Crippen LogP contribution in [0.5, 0.6) is 0 Å². The summed E-state index contributed by atoms with van der Waals surface area (Å²) in [5, 5.41) is 1.29. The lowest BCUT2D eigenvalue weighted by Gasteiger charge is -2.20. The normalized spacial score (nSPS) is 10.4. The molecule has 1 heterocycles. The van der Waals surface area contributed by atoms with E-state index in [1.165, 1.54) is 0 Å². The molecule has 3 nitrogen and oxygen atoms in total. The predicted octanol–water partition coefficient (Wildman–Crippen LogP) is 3.61. The number of rotatable bonds is 3. The first kappa shape index (κ1) is 13.0. The smallest absolute Gasteiger partial charge is 0.147 e. The number of hydrogen-bond acceptors (Lipinski definition) is 3. The van der Waals surface area contributed by atoms with Crippen molar-refractivity contribution in [2.24, 2.45) is 0 Å². The van der Waals surface area contributed by atoms with E-state index in [9.17, 15) is 0 Å². The molecule has 2 N–H and O–H groups in total. The van der Waals surface area contributed by atoms with Gasteiger partial charge in [-0.3, -0.25) is 0 Å². The molecule has 0 amide bonds. The number of hydrogen-bond donors (Lipinski definition) is 1. The second-order valence-corrected chi connectivity index (χ2v) is 4.83. The second kappa shape index (κ2) is 5.46. The maximum atomic E-state index is 6.13. The average Bonchev–Trinajstić information content (AvgIpc) is 2.34. The van der Waals surface area contributed by atoms with Crippen LogP contribution in [0.25, 0.3) is 0 Å². The summed E-state index contributed by atoms with van der Waals surface area (Å²) in [6, 6.07) is 9.03. The molecule has 1 aromatic heterocycles. The van der Waals surface area contributed by atoms with Crippen molar-refractivity contribution < 1.29 is 0 Å². The minimum atomic E-state index is 0.598. The number of nitrogen functional groups attached to an aromatic ring is 1. The van der Waals surface area contributed by atoms with Crippen LogP contribution in [0.15, 0.2) is 36.5 Å². The molecule has 0 aliphatic heterocycles. The van der Waals surface area contributed by atoms with E-state index in [-0.39, 0.29) is 0 Å².